The van der Waals surface area contributed by atoms with Gasteiger partial charge in [-0.3, -0.25) is 0 Å². The second-order valence-electron chi connectivity index (χ2n) is 4.49. The summed E-state index contributed by atoms with van der Waals surface area (Å²) in [6.45, 7) is 0. The highest BCUT2D eigenvalue weighted by molar-refractivity contribution is 7.99. The van der Waals surface area contributed by atoms with Crippen LogP contribution < -0.4 is 10.5 Å². The molecule has 2 N–H and O–H groups in total. The summed E-state index contributed by atoms with van der Waals surface area (Å²) < 4.78 is 19.2. The van der Waals surface area contributed by atoms with Crippen molar-refractivity contribution in [1.29, 1.82) is 0 Å². The summed E-state index contributed by atoms with van der Waals surface area (Å²) in [5.41, 5.74) is 6.96. The summed E-state index contributed by atoms with van der Waals surface area (Å²) in [7, 11) is 0. The Labute approximate surface area is 115 Å². The van der Waals surface area contributed by atoms with E-state index in [9.17, 15) is 4.39 Å². The summed E-state index contributed by atoms with van der Waals surface area (Å²) in [4.78, 5) is 1.13. The predicted molar refractivity (Wildman–Crippen MR) is 74.9 cm³/mol. The van der Waals surface area contributed by atoms with Crippen LogP contribution in [0.2, 0.25) is 0 Å². The van der Waals surface area contributed by atoms with Crippen LogP contribution >= 0.6 is 11.8 Å². The van der Waals surface area contributed by atoms with Crippen molar-refractivity contribution in [3.63, 3.8) is 0 Å². The van der Waals surface area contributed by atoms with Crippen LogP contribution in [0.3, 0.4) is 0 Å². The van der Waals surface area contributed by atoms with Gasteiger partial charge in [-0.25, -0.2) is 4.39 Å². The third kappa shape index (κ3) is 2.60. The molecule has 2 atom stereocenters. The van der Waals surface area contributed by atoms with Crippen molar-refractivity contribution in [2.45, 2.75) is 17.0 Å². The Kier molecular flexibility index (Phi) is 3.44. The molecule has 98 valence electrons. The lowest BCUT2D eigenvalue weighted by Crippen LogP contribution is -2.35. The van der Waals surface area contributed by atoms with Crippen molar-refractivity contribution < 1.29 is 9.13 Å². The molecule has 2 unspecified atom stereocenters. The minimum absolute atomic E-state index is 0.137. The highest BCUT2D eigenvalue weighted by Gasteiger charge is 2.26. The van der Waals surface area contributed by atoms with E-state index < -0.39 is 0 Å². The van der Waals surface area contributed by atoms with Crippen LogP contribution in [0.25, 0.3) is 0 Å². The number of nitrogens with two attached hydrogens (primary N) is 1. The predicted octanol–water partition coefficient (Wildman–Crippen LogP) is 3.38. The van der Waals surface area contributed by atoms with Gasteiger partial charge in [0.2, 0.25) is 0 Å². The van der Waals surface area contributed by atoms with Crippen molar-refractivity contribution in [3.8, 4) is 5.75 Å². The SMILES string of the molecule is NC(c1cccc(F)c1)C1CSc2ccccc2O1. The molecular weight excluding hydrogens is 261 g/mol. The number of rotatable bonds is 2. The number of ether oxygens (including phenoxy) is 1. The lowest BCUT2D eigenvalue weighted by atomic mass is 10.0. The molecule has 1 aliphatic heterocycles. The van der Waals surface area contributed by atoms with Crippen LogP contribution in [0.4, 0.5) is 4.39 Å². The number of benzene rings is 2. The van der Waals surface area contributed by atoms with Crippen molar-refractivity contribution >= 4 is 11.8 Å². The number of fused-ring (bicyclic) bond motifs is 1. The van der Waals surface area contributed by atoms with Gasteiger partial charge >= 0.3 is 0 Å². The Hall–Kier alpha value is -1.52. The van der Waals surface area contributed by atoms with Gasteiger partial charge in [-0.15, -0.1) is 11.8 Å². The number of hydrogen-bond acceptors (Lipinski definition) is 3. The van der Waals surface area contributed by atoms with Crippen molar-refractivity contribution in [3.05, 3.63) is 59.9 Å². The van der Waals surface area contributed by atoms with Crippen LogP contribution in [-0.2, 0) is 0 Å². The highest BCUT2D eigenvalue weighted by Crippen LogP contribution is 2.37. The Balaban J connectivity index is 1.81. The second-order valence-corrected chi connectivity index (χ2v) is 5.56. The molecule has 0 aromatic heterocycles. The van der Waals surface area contributed by atoms with E-state index in [1.807, 2.05) is 30.3 Å². The average molecular weight is 275 g/mol. The zero-order valence-electron chi connectivity index (χ0n) is 10.3. The van der Waals surface area contributed by atoms with E-state index in [2.05, 4.69) is 0 Å². The van der Waals surface area contributed by atoms with E-state index in [-0.39, 0.29) is 18.0 Å². The number of thioether (sulfide) groups is 1. The fourth-order valence-electron chi connectivity index (χ4n) is 2.14. The Morgan fingerprint density at radius 2 is 2.05 bits per heavy atom. The first-order valence-electron chi connectivity index (χ1n) is 6.13. The first-order chi connectivity index (χ1) is 9.24. The molecule has 19 heavy (non-hydrogen) atoms. The van der Waals surface area contributed by atoms with Gasteiger partial charge < -0.3 is 10.5 Å². The van der Waals surface area contributed by atoms with Crippen molar-refractivity contribution in [2.24, 2.45) is 5.73 Å². The van der Waals surface area contributed by atoms with Gasteiger partial charge in [0.1, 0.15) is 17.7 Å². The lowest BCUT2D eigenvalue weighted by molar-refractivity contribution is 0.185. The molecule has 0 saturated carbocycles. The number of para-hydroxylation sites is 1. The van der Waals surface area contributed by atoms with Crippen molar-refractivity contribution in [1.82, 2.24) is 0 Å². The van der Waals surface area contributed by atoms with Gasteiger partial charge in [-0.2, -0.15) is 0 Å². The summed E-state index contributed by atoms with van der Waals surface area (Å²) in [5.74, 6) is 1.36. The first kappa shape index (κ1) is 12.5. The molecule has 1 aliphatic rings. The number of hydrogen-bond donors (Lipinski definition) is 1. The average Bonchev–Trinajstić information content (AvgIpc) is 2.46. The van der Waals surface area contributed by atoms with E-state index >= 15 is 0 Å². The van der Waals surface area contributed by atoms with E-state index in [1.165, 1.54) is 12.1 Å². The molecule has 2 nitrogen and oxygen atoms in total. The molecule has 0 amide bonds. The van der Waals surface area contributed by atoms with Gasteiger partial charge in [-0.1, -0.05) is 24.3 Å². The fraction of sp³-hybridized carbons (Fsp3) is 0.200. The van der Waals surface area contributed by atoms with E-state index in [1.54, 1.807) is 17.8 Å². The van der Waals surface area contributed by atoms with Gasteiger partial charge in [0.25, 0.3) is 0 Å². The molecule has 0 radical (unpaired) electrons. The molecule has 0 fully saturated rings. The summed E-state index contributed by atoms with van der Waals surface area (Å²) in [6, 6.07) is 14.0. The van der Waals surface area contributed by atoms with Gasteiger partial charge in [0.15, 0.2) is 0 Å². The van der Waals surface area contributed by atoms with Gasteiger partial charge in [0, 0.05) is 10.6 Å². The molecular formula is C15H14FNOS. The maximum Gasteiger partial charge on any atom is 0.133 e. The van der Waals surface area contributed by atoms with E-state index in [4.69, 9.17) is 10.5 Å². The molecule has 0 saturated heterocycles. The molecule has 0 spiro atoms. The molecule has 3 rings (SSSR count). The van der Waals surface area contributed by atoms with Crippen LogP contribution in [-0.4, -0.2) is 11.9 Å². The topological polar surface area (TPSA) is 35.2 Å². The second kappa shape index (κ2) is 5.23. The Morgan fingerprint density at radius 3 is 2.89 bits per heavy atom. The molecule has 4 heteroatoms. The fourth-order valence-corrected chi connectivity index (χ4v) is 3.19. The summed E-state index contributed by atoms with van der Waals surface area (Å²) >= 11 is 1.73. The third-order valence-electron chi connectivity index (χ3n) is 3.16. The van der Waals surface area contributed by atoms with Crippen molar-refractivity contribution in [2.75, 3.05) is 5.75 Å². The molecule has 2 aromatic rings. The minimum atomic E-state index is -0.323. The maximum atomic E-state index is 13.2. The zero-order valence-corrected chi connectivity index (χ0v) is 11.1. The van der Waals surface area contributed by atoms with Crippen LogP contribution in [0, 0.1) is 5.82 Å². The molecule has 0 bridgehead atoms. The molecule has 1 heterocycles. The van der Waals surface area contributed by atoms with E-state index in [0.29, 0.717) is 0 Å². The standard InChI is InChI=1S/C15H14FNOS/c16-11-5-3-4-10(8-11)15(17)13-9-19-14-7-2-1-6-12(14)18-13/h1-8,13,15H,9,17H2. The number of halogens is 1. The normalized spacial score (nSPS) is 19.4. The smallest absolute Gasteiger partial charge is 0.133 e. The summed E-state index contributed by atoms with van der Waals surface area (Å²) in [5, 5.41) is 0. The largest absolute Gasteiger partial charge is 0.486 e. The van der Waals surface area contributed by atoms with Crippen LogP contribution in [0.1, 0.15) is 11.6 Å². The Morgan fingerprint density at radius 1 is 1.21 bits per heavy atom. The zero-order chi connectivity index (χ0) is 13.2. The van der Waals surface area contributed by atoms with Gasteiger partial charge in [0.05, 0.1) is 6.04 Å². The van der Waals surface area contributed by atoms with Gasteiger partial charge in [-0.05, 0) is 29.8 Å². The quantitative estimate of drug-likeness (QED) is 0.912. The third-order valence-corrected chi connectivity index (χ3v) is 4.31. The summed E-state index contributed by atoms with van der Waals surface area (Å²) in [6.07, 6.45) is -0.137. The lowest BCUT2D eigenvalue weighted by Gasteiger charge is -2.30. The maximum absolute atomic E-state index is 13.2. The van der Waals surface area contributed by atoms with Crippen LogP contribution in [0.5, 0.6) is 5.75 Å². The molecule has 0 aliphatic carbocycles. The first-order valence-corrected chi connectivity index (χ1v) is 7.12. The van der Waals surface area contributed by atoms with Crippen LogP contribution in [0.15, 0.2) is 53.4 Å². The minimum Gasteiger partial charge on any atom is -0.486 e. The molecule has 2 aromatic carbocycles. The highest BCUT2D eigenvalue weighted by atomic mass is 32.2. The Bertz CT molecular complexity index is 590. The monoisotopic (exact) mass is 275 g/mol. The van der Waals surface area contributed by atoms with E-state index in [0.717, 1.165) is 22.0 Å².